The zero-order valence-electron chi connectivity index (χ0n) is 11.3. The molecule has 2 N–H and O–H groups in total. The third-order valence-electron chi connectivity index (χ3n) is 2.32. The number of rotatable bonds is 5. The van der Waals surface area contributed by atoms with E-state index in [2.05, 4.69) is 20.8 Å². The SMILES string of the molecule is CCOC(=O)Cc1nnc(NC(=S)Nc2ccccc2)s1. The van der Waals surface area contributed by atoms with Crippen LogP contribution >= 0.6 is 23.6 Å². The molecule has 1 heterocycles. The number of thiocarbonyl (C=S) groups is 1. The van der Waals surface area contributed by atoms with E-state index in [1.54, 1.807) is 6.92 Å². The van der Waals surface area contributed by atoms with E-state index in [1.807, 2.05) is 30.3 Å². The van der Waals surface area contributed by atoms with Crippen molar-refractivity contribution in [2.24, 2.45) is 0 Å². The molecule has 0 amide bonds. The van der Waals surface area contributed by atoms with Gasteiger partial charge in [0.05, 0.1) is 13.0 Å². The molecule has 0 fully saturated rings. The van der Waals surface area contributed by atoms with Crippen molar-refractivity contribution in [2.45, 2.75) is 13.3 Å². The predicted octanol–water partition coefficient (Wildman–Crippen LogP) is 2.45. The van der Waals surface area contributed by atoms with Crippen LogP contribution in [0.15, 0.2) is 30.3 Å². The lowest BCUT2D eigenvalue weighted by Crippen LogP contribution is -2.18. The van der Waals surface area contributed by atoms with E-state index >= 15 is 0 Å². The summed E-state index contributed by atoms with van der Waals surface area (Å²) in [5.74, 6) is -0.315. The van der Waals surface area contributed by atoms with Gasteiger partial charge in [0, 0.05) is 5.69 Å². The van der Waals surface area contributed by atoms with Gasteiger partial charge in [-0.1, -0.05) is 29.5 Å². The Morgan fingerprint density at radius 1 is 1.29 bits per heavy atom. The van der Waals surface area contributed by atoms with Crippen LogP contribution in [0.1, 0.15) is 11.9 Å². The van der Waals surface area contributed by atoms with Gasteiger partial charge in [-0.2, -0.15) is 0 Å². The van der Waals surface area contributed by atoms with Crippen molar-refractivity contribution in [3.8, 4) is 0 Å². The number of hydrogen-bond donors (Lipinski definition) is 2. The smallest absolute Gasteiger partial charge is 0.312 e. The van der Waals surface area contributed by atoms with Crippen molar-refractivity contribution in [1.82, 2.24) is 10.2 Å². The summed E-state index contributed by atoms with van der Waals surface area (Å²) in [5.41, 5.74) is 0.881. The first-order valence-electron chi connectivity index (χ1n) is 6.28. The van der Waals surface area contributed by atoms with Crippen molar-refractivity contribution in [1.29, 1.82) is 0 Å². The largest absolute Gasteiger partial charge is 0.466 e. The van der Waals surface area contributed by atoms with Gasteiger partial charge in [0.15, 0.2) is 5.11 Å². The normalized spacial score (nSPS) is 9.95. The molecule has 2 aromatic rings. The van der Waals surface area contributed by atoms with E-state index in [0.29, 0.717) is 21.9 Å². The van der Waals surface area contributed by atoms with Crippen molar-refractivity contribution >= 4 is 45.5 Å². The van der Waals surface area contributed by atoms with Crippen LogP contribution in [-0.4, -0.2) is 27.9 Å². The van der Waals surface area contributed by atoms with Crippen molar-refractivity contribution in [2.75, 3.05) is 17.2 Å². The van der Waals surface area contributed by atoms with Crippen LogP contribution in [0.4, 0.5) is 10.8 Å². The van der Waals surface area contributed by atoms with E-state index in [-0.39, 0.29) is 12.4 Å². The van der Waals surface area contributed by atoms with Gasteiger partial charge < -0.3 is 15.4 Å². The second kappa shape index (κ2) is 7.65. The number of carbonyl (C=O) groups is 1. The monoisotopic (exact) mass is 322 g/mol. The molecular weight excluding hydrogens is 308 g/mol. The van der Waals surface area contributed by atoms with Gasteiger partial charge in [-0.3, -0.25) is 4.79 Å². The van der Waals surface area contributed by atoms with E-state index in [0.717, 1.165) is 5.69 Å². The van der Waals surface area contributed by atoms with Crippen LogP contribution in [0.3, 0.4) is 0 Å². The van der Waals surface area contributed by atoms with Crippen LogP contribution in [0, 0.1) is 0 Å². The summed E-state index contributed by atoms with van der Waals surface area (Å²) in [6, 6.07) is 9.55. The average Bonchev–Trinajstić information content (AvgIpc) is 2.87. The van der Waals surface area contributed by atoms with Crippen molar-refractivity contribution < 1.29 is 9.53 Å². The lowest BCUT2D eigenvalue weighted by atomic mass is 10.3. The van der Waals surface area contributed by atoms with Gasteiger partial charge in [0.25, 0.3) is 0 Å². The highest BCUT2D eigenvalue weighted by molar-refractivity contribution is 7.80. The fraction of sp³-hybridized carbons (Fsp3) is 0.231. The maximum absolute atomic E-state index is 11.3. The molecule has 1 aromatic heterocycles. The summed E-state index contributed by atoms with van der Waals surface area (Å²) in [4.78, 5) is 11.3. The number of nitrogens with zero attached hydrogens (tertiary/aromatic N) is 2. The number of anilines is 2. The van der Waals surface area contributed by atoms with Crippen LogP contribution in [0.2, 0.25) is 0 Å². The highest BCUT2D eigenvalue weighted by atomic mass is 32.1. The van der Waals surface area contributed by atoms with Gasteiger partial charge in [-0.15, -0.1) is 10.2 Å². The van der Waals surface area contributed by atoms with Crippen LogP contribution in [-0.2, 0) is 16.0 Å². The fourth-order valence-electron chi connectivity index (χ4n) is 1.49. The summed E-state index contributed by atoms with van der Waals surface area (Å²) >= 11 is 6.45. The highest BCUT2D eigenvalue weighted by Crippen LogP contribution is 2.16. The van der Waals surface area contributed by atoms with Crippen molar-refractivity contribution in [3.05, 3.63) is 35.3 Å². The number of nitrogens with one attached hydrogen (secondary N) is 2. The maximum atomic E-state index is 11.3. The lowest BCUT2D eigenvalue weighted by molar-refractivity contribution is -0.142. The zero-order valence-corrected chi connectivity index (χ0v) is 13.0. The molecule has 8 heteroatoms. The molecule has 0 aliphatic carbocycles. The molecule has 0 aliphatic rings. The molecular formula is C13H14N4O2S2. The minimum atomic E-state index is -0.315. The summed E-state index contributed by atoms with van der Waals surface area (Å²) in [6.07, 6.45) is 0.117. The second-order valence-corrected chi connectivity index (χ2v) is 5.40. The standard InChI is InChI=1S/C13H14N4O2S2/c1-2-19-11(18)8-10-16-17-13(21-10)15-12(20)14-9-6-4-3-5-7-9/h3-7H,2,8H2,1H3,(H2,14,15,17,20). The zero-order chi connectivity index (χ0) is 15.1. The van der Waals surface area contributed by atoms with Crippen molar-refractivity contribution in [3.63, 3.8) is 0 Å². The van der Waals surface area contributed by atoms with Crippen LogP contribution in [0.25, 0.3) is 0 Å². The van der Waals surface area contributed by atoms with Crippen LogP contribution < -0.4 is 10.6 Å². The van der Waals surface area contributed by atoms with Crippen LogP contribution in [0.5, 0.6) is 0 Å². The van der Waals surface area contributed by atoms with E-state index < -0.39 is 0 Å². The molecule has 0 saturated heterocycles. The van der Waals surface area contributed by atoms with Gasteiger partial charge in [0.1, 0.15) is 5.01 Å². The minimum Gasteiger partial charge on any atom is -0.466 e. The third-order valence-corrected chi connectivity index (χ3v) is 3.36. The Hall–Kier alpha value is -2.06. The number of benzene rings is 1. The van der Waals surface area contributed by atoms with E-state index in [9.17, 15) is 4.79 Å². The molecule has 110 valence electrons. The minimum absolute atomic E-state index is 0.117. The molecule has 0 saturated carbocycles. The molecule has 1 aromatic carbocycles. The number of ether oxygens (including phenoxy) is 1. The summed E-state index contributed by atoms with van der Waals surface area (Å²) in [5, 5.41) is 15.3. The Kier molecular flexibility index (Phi) is 5.59. The van der Waals surface area contributed by atoms with E-state index in [4.69, 9.17) is 17.0 Å². The fourth-order valence-corrected chi connectivity index (χ4v) is 2.50. The number of carbonyl (C=O) groups excluding carboxylic acids is 1. The molecule has 2 rings (SSSR count). The number of aromatic nitrogens is 2. The molecule has 0 bridgehead atoms. The first-order valence-corrected chi connectivity index (χ1v) is 7.51. The number of para-hydroxylation sites is 1. The maximum Gasteiger partial charge on any atom is 0.312 e. The number of hydrogen-bond acceptors (Lipinski definition) is 6. The molecule has 0 aliphatic heterocycles. The first kappa shape index (κ1) is 15.3. The Morgan fingerprint density at radius 3 is 2.76 bits per heavy atom. The predicted molar refractivity (Wildman–Crippen MR) is 86.5 cm³/mol. The highest BCUT2D eigenvalue weighted by Gasteiger charge is 2.10. The molecule has 0 radical (unpaired) electrons. The van der Waals surface area contributed by atoms with Gasteiger partial charge >= 0.3 is 5.97 Å². The molecule has 6 nitrogen and oxygen atoms in total. The quantitative estimate of drug-likeness (QED) is 0.647. The molecule has 0 spiro atoms. The number of esters is 1. The summed E-state index contributed by atoms with van der Waals surface area (Å²) in [7, 11) is 0. The first-order chi connectivity index (χ1) is 10.2. The summed E-state index contributed by atoms with van der Waals surface area (Å²) < 4.78 is 4.86. The Bertz CT molecular complexity index is 616. The average molecular weight is 322 g/mol. The Labute approximate surface area is 131 Å². The molecule has 0 atom stereocenters. The van der Waals surface area contributed by atoms with E-state index in [1.165, 1.54) is 11.3 Å². The van der Waals surface area contributed by atoms with Gasteiger partial charge in [0.2, 0.25) is 5.13 Å². The topological polar surface area (TPSA) is 76.1 Å². The van der Waals surface area contributed by atoms with Gasteiger partial charge in [-0.05, 0) is 31.3 Å². The molecule has 21 heavy (non-hydrogen) atoms. The lowest BCUT2D eigenvalue weighted by Gasteiger charge is -2.07. The summed E-state index contributed by atoms with van der Waals surface area (Å²) in [6.45, 7) is 2.12. The van der Waals surface area contributed by atoms with Gasteiger partial charge in [-0.25, -0.2) is 0 Å². The Balaban J connectivity index is 1.87. The Morgan fingerprint density at radius 2 is 2.05 bits per heavy atom. The third kappa shape index (κ3) is 5.09. The second-order valence-electron chi connectivity index (χ2n) is 3.93. The molecule has 0 unspecified atom stereocenters.